The highest BCUT2D eigenvalue weighted by Gasteiger charge is 2.17. The minimum Gasteiger partial charge on any atom is -0.266 e. The number of hydrogen-bond donors (Lipinski definition) is 1. The third-order valence-corrected chi connectivity index (χ3v) is 4.48. The van der Waals surface area contributed by atoms with E-state index in [0.717, 1.165) is 12.8 Å². The predicted octanol–water partition coefficient (Wildman–Crippen LogP) is 3.14. The van der Waals surface area contributed by atoms with Gasteiger partial charge in [-0.05, 0) is 37.0 Å². The zero-order valence-electron chi connectivity index (χ0n) is 10.7. The lowest BCUT2D eigenvalue weighted by atomic mass is 10.2. The monoisotopic (exact) mass is 288 g/mol. The van der Waals surface area contributed by atoms with Crippen molar-refractivity contribution in [2.45, 2.75) is 19.3 Å². The maximum Gasteiger partial charge on any atom is 0.281 e. The number of hydrazone groups is 1. The molecule has 0 fully saturated rings. The average Bonchev–Trinajstić information content (AvgIpc) is 3.01. The summed E-state index contributed by atoms with van der Waals surface area (Å²) < 4.78 is 13.3. The average molecular weight is 288 g/mol. The summed E-state index contributed by atoms with van der Waals surface area (Å²) in [4.78, 5) is 13.9. The molecule has 5 heteroatoms. The lowest BCUT2D eigenvalue weighted by Crippen LogP contribution is -2.16. The summed E-state index contributed by atoms with van der Waals surface area (Å²) in [5.41, 5.74) is 4.06. The Labute approximate surface area is 120 Å². The maximum atomic E-state index is 13.3. The van der Waals surface area contributed by atoms with E-state index < -0.39 is 0 Å². The van der Waals surface area contributed by atoms with Crippen molar-refractivity contribution in [3.8, 4) is 0 Å². The molecule has 1 amide bonds. The number of rotatable bonds is 3. The number of thiophene rings is 1. The highest BCUT2D eigenvalue weighted by Crippen LogP contribution is 2.30. The summed E-state index contributed by atoms with van der Waals surface area (Å²) in [5.74, 6) is -0.599. The van der Waals surface area contributed by atoms with E-state index in [1.54, 1.807) is 18.2 Å². The summed E-state index contributed by atoms with van der Waals surface area (Å²) in [5, 5.41) is 3.80. The molecule has 1 aromatic carbocycles. The highest BCUT2D eigenvalue weighted by atomic mass is 32.1. The normalized spacial score (nSPS) is 13.7. The molecule has 0 atom stereocenters. The van der Waals surface area contributed by atoms with E-state index in [9.17, 15) is 9.18 Å². The fraction of sp³-hybridized carbons (Fsp3) is 0.200. The molecule has 0 bridgehead atoms. The van der Waals surface area contributed by atoms with Crippen molar-refractivity contribution >= 4 is 23.5 Å². The number of carbonyl (C=O) groups excluding carboxylic acids is 1. The zero-order valence-corrected chi connectivity index (χ0v) is 11.5. The van der Waals surface area contributed by atoms with Crippen LogP contribution in [0.5, 0.6) is 0 Å². The molecule has 1 heterocycles. The Hall–Kier alpha value is -2.01. The van der Waals surface area contributed by atoms with Crippen LogP contribution in [-0.2, 0) is 12.8 Å². The summed E-state index contributed by atoms with van der Waals surface area (Å²) in [6.07, 6.45) is 4.60. The number of aryl methyl sites for hydroxylation is 2. The fourth-order valence-electron chi connectivity index (χ4n) is 2.24. The van der Waals surface area contributed by atoms with Crippen LogP contribution in [0.25, 0.3) is 0 Å². The van der Waals surface area contributed by atoms with Crippen molar-refractivity contribution in [3.05, 3.63) is 57.0 Å². The first-order valence-corrected chi connectivity index (χ1v) is 7.25. The lowest BCUT2D eigenvalue weighted by molar-refractivity contribution is 0.0959. The Bertz CT molecular complexity index is 657. The summed E-state index contributed by atoms with van der Waals surface area (Å²) in [6, 6.07) is 8.22. The number of benzene rings is 1. The standard InChI is InChI=1S/C15H13FN2OS/c16-12-6-2-1-4-11(12)9-17-18-15(19)14-8-10-5-3-7-13(10)20-14/h1-2,4,6,8-9H,3,5,7H2,(H,18,19)/b17-9-. The van der Waals surface area contributed by atoms with Crippen LogP contribution in [-0.4, -0.2) is 12.1 Å². The number of halogens is 1. The van der Waals surface area contributed by atoms with Gasteiger partial charge in [0.05, 0.1) is 11.1 Å². The van der Waals surface area contributed by atoms with Crippen LogP contribution in [0.1, 0.15) is 32.1 Å². The molecule has 0 spiro atoms. The Balaban J connectivity index is 1.66. The molecule has 0 saturated heterocycles. The second kappa shape index (κ2) is 5.54. The summed E-state index contributed by atoms with van der Waals surface area (Å²) in [6.45, 7) is 0. The van der Waals surface area contributed by atoms with Crippen LogP contribution in [0.2, 0.25) is 0 Å². The molecule has 102 valence electrons. The van der Waals surface area contributed by atoms with Crippen LogP contribution in [0.4, 0.5) is 4.39 Å². The Morgan fingerprint density at radius 2 is 2.20 bits per heavy atom. The molecule has 3 rings (SSSR count). The minimum atomic E-state index is -0.361. The first kappa shape index (κ1) is 13.0. The smallest absolute Gasteiger partial charge is 0.266 e. The summed E-state index contributed by atoms with van der Waals surface area (Å²) in [7, 11) is 0. The largest absolute Gasteiger partial charge is 0.281 e. The van der Waals surface area contributed by atoms with Gasteiger partial charge in [0.1, 0.15) is 5.82 Å². The van der Waals surface area contributed by atoms with Crippen LogP contribution in [0, 0.1) is 5.82 Å². The molecule has 20 heavy (non-hydrogen) atoms. The maximum absolute atomic E-state index is 13.3. The van der Waals surface area contributed by atoms with Gasteiger partial charge in [-0.15, -0.1) is 11.3 Å². The third-order valence-electron chi connectivity index (χ3n) is 3.25. The van der Waals surface area contributed by atoms with Gasteiger partial charge in [0, 0.05) is 10.4 Å². The molecule has 0 saturated carbocycles. The van der Waals surface area contributed by atoms with Crippen molar-refractivity contribution in [3.63, 3.8) is 0 Å². The van der Waals surface area contributed by atoms with Crippen LogP contribution in [0.15, 0.2) is 35.4 Å². The van der Waals surface area contributed by atoms with Gasteiger partial charge in [0.2, 0.25) is 0 Å². The quantitative estimate of drug-likeness (QED) is 0.684. The molecule has 1 aliphatic rings. The van der Waals surface area contributed by atoms with E-state index >= 15 is 0 Å². The van der Waals surface area contributed by atoms with E-state index in [1.165, 1.54) is 40.5 Å². The van der Waals surface area contributed by atoms with Crippen LogP contribution in [0.3, 0.4) is 0 Å². The molecular weight excluding hydrogens is 275 g/mol. The lowest BCUT2D eigenvalue weighted by Gasteiger charge is -1.97. The molecule has 0 unspecified atom stereocenters. The van der Waals surface area contributed by atoms with Gasteiger partial charge in [-0.3, -0.25) is 4.79 Å². The van der Waals surface area contributed by atoms with Gasteiger partial charge in [-0.2, -0.15) is 5.10 Å². The summed E-state index contributed by atoms with van der Waals surface area (Å²) >= 11 is 1.52. The second-order valence-electron chi connectivity index (χ2n) is 4.63. The molecule has 2 aromatic rings. The Morgan fingerprint density at radius 3 is 3.00 bits per heavy atom. The minimum absolute atomic E-state index is 0.239. The first-order valence-electron chi connectivity index (χ1n) is 6.43. The number of nitrogens with one attached hydrogen (secondary N) is 1. The van der Waals surface area contributed by atoms with E-state index in [0.29, 0.717) is 10.4 Å². The van der Waals surface area contributed by atoms with Gasteiger partial charge < -0.3 is 0 Å². The SMILES string of the molecule is O=C(N/N=C\c1ccccc1F)c1cc2c(s1)CCC2. The Kier molecular flexibility index (Phi) is 3.60. The van der Waals surface area contributed by atoms with Crippen LogP contribution < -0.4 is 5.43 Å². The molecular formula is C15H13FN2OS. The highest BCUT2D eigenvalue weighted by molar-refractivity contribution is 7.14. The zero-order chi connectivity index (χ0) is 13.9. The van der Waals surface area contributed by atoms with Gasteiger partial charge >= 0.3 is 0 Å². The van der Waals surface area contributed by atoms with Crippen LogP contribution >= 0.6 is 11.3 Å². The van der Waals surface area contributed by atoms with E-state index in [1.807, 2.05) is 6.07 Å². The van der Waals surface area contributed by atoms with Gasteiger partial charge in [0.25, 0.3) is 5.91 Å². The van der Waals surface area contributed by atoms with E-state index in [2.05, 4.69) is 10.5 Å². The molecule has 0 aliphatic heterocycles. The van der Waals surface area contributed by atoms with E-state index in [4.69, 9.17) is 0 Å². The topological polar surface area (TPSA) is 41.5 Å². The predicted molar refractivity (Wildman–Crippen MR) is 77.8 cm³/mol. The van der Waals surface area contributed by atoms with E-state index in [-0.39, 0.29) is 11.7 Å². The number of nitrogens with zero attached hydrogens (tertiary/aromatic N) is 1. The molecule has 0 radical (unpaired) electrons. The van der Waals surface area contributed by atoms with Crippen molar-refractivity contribution in [2.75, 3.05) is 0 Å². The van der Waals surface area contributed by atoms with Crippen molar-refractivity contribution in [2.24, 2.45) is 5.10 Å². The van der Waals surface area contributed by atoms with Gasteiger partial charge in [-0.25, -0.2) is 9.82 Å². The number of hydrogen-bond acceptors (Lipinski definition) is 3. The molecule has 1 aliphatic carbocycles. The first-order chi connectivity index (χ1) is 9.74. The van der Waals surface area contributed by atoms with Crippen molar-refractivity contribution in [1.82, 2.24) is 5.43 Å². The molecule has 1 N–H and O–H groups in total. The van der Waals surface area contributed by atoms with Gasteiger partial charge in [0.15, 0.2) is 0 Å². The Morgan fingerprint density at radius 1 is 1.35 bits per heavy atom. The second-order valence-corrected chi connectivity index (χ2v) is 5.77. The fourth-order valence-corrected chi connectivity index (χ4v) is 3.38. The third kappa shape index (κ3) is 2.63. The van der Waals surface area contributed by atoms with Gasteiger partial charge in [-0.1, -0.05) is 18.2 Å². The number of carbonyl (C=O) groups is 1. The number of amides is 1. The van der Waals surface area contributed by atoms with Crippen molar-refractivity contribution < 1.29 is 9.18 Å². The van der Waals surface area contributed by atoms with Crippen molar-refractivity contribution in [1.29, 1.82) is 0 Å². The molecule has 1 aromatic heterocycles. The molecule has 3 nitrogen and oxygen atoms in total. The number of fused-ring (bicyclic) bond motifs is 1.